The zero-order valence-electron chi connectivity index (χ0n) is 17.9. The second-order valence-corrected chi connectivity index (χ2v) is 11.0. The molecular weight excluding hydrogens is 412 g/mol. The number of nitrogens with one attached hydrogen (secondary N) is 2. The molecule has 6 nitrogen and oxygen atoms in total. The highest BCUT2D eigenvalue weighted by Gasteiger charge is 2.53. The first-order valence-corrected chi connectivity index (χ1v) is 12.3. The molecule has 31 heavy (non-hydrogen) atoms. The molecule has 7 heteroatoms. The van der Waals surface area contributed by atoms with Crippen LogP contribution < -0.4 is 10.6 Å². The lowest BCUT2D eigenvalue weighted by molar-refractivity contribution is -0.118. The van der Waals surface area contributed by atoms with Crippen LogP contribution in [0.1, 0.15) is 60.0 Å². The van der Waals surface area contributed by atoms with Crippen LogP contribution in [0.4, 0.5) is 5.69 Å². The first kappa shape index (κ1) is 21.6. The summed E-state index contributed by atoms with van der Waals surface area (Å²) in [6.45, 7) is 3.80. The van der Waals surface area contributed by atoms with E-state index in [2.05, 4.69) is 10.6 Å². The molecule has 0 bridgehead atoms. The summed E-state index contributed by atoms with van der Waals surface area (Å²) < 4.78 is 25.7. The summed E-state index contributed by atoms with van der Waals surface area (Å²) in [5.74, 6) is -0.636. The van der Waals surface area contributed by atoms with Gasteiger partial charge < -0.3 is 10.6 Å². The normalized spacial score (nSPS) is 17.9. The Balaban J connectivity index is 1.57. The molecule has 0 aliphatic heterocycles. The minimum absolute atomic E-state index is 0.134. The Labute approximate surface area is 183 Å². The van der Waals surface area contributed by atoms with Crippen molar-refractivity contribution < 1.29 is 18.0 Å². The van der Waals surface area contributed by atoms with Crippen LogP contribution in [-0.4, -0.2) is 31.0 Å². The molecule has 0 heterocycles. The fourth-order valence-corrected chi connectivity index (χ4v) is 6.27. The van der Waals surface area contributed by atoms with E-state index in [0.29, 0.717) is 36.9 Å². The Kier molecular flexibility index (Phi) is 5.64. The second kappa shape index (κ2) is 8.11. The van der Waals surface area contributed by atoms with Gasteiger partial charge >= 0.3 is 0 Å². The van der Waals surface area contributed by atoms with Gasteiger partial charge in [-0.15, -0.1) is 0 Å². The lowest BCUT2D eigenvalue weighted by atomic mass is 10.1. The smallest absolute Gasteiger partial charge is 0.251 e. The van der Waals surface area contributed by atoms with Crippen molar-refractivity contribution in [3.05, 3.63) is 59.2 Å². The van der Waals surface area contributed by atoms with Crippen molar-refractivity contribution in [3.8, 4) is 0 Å². The molecule has 164 valence electrons. The van der Waals surface area contributed by atoms with Crippen LogP contribution in [0.25, 0.3) is 0 Å². The summed E-state index contributed by atoms with van der Waals surface area (Å²) in [7, 11) is -3.86. The van der Waals surface area contributed by atoms with Gasteiger partial charge in [0.2, 0.25) is 5.91 Å². The predicted molar refractivity (Wildman–Crippen MR) is 120 cm³/mol. The molecule has 0 saturated heterocycles. The Hall–Kier alpha value is -2.67. The molecule has 2 fully saturated rings. The topological polar surface area (TPSA) is 92.3 Å². The highest BCUT2D eigenvalue weighted by Crippen LogP contribution is 2.41. The van der Waals surface area contributed by atoms with E-state index in [4.69, 9.17) is 0 Å². The van der Waals surface area contributed by atoms with E-state index in [1.807, 2.05) is 13.8 Å². The van der Waals surface area contributed by atoms with Gasteiger partial charge in [-0.25, -0.2) is 8.42 Å². The third-order valence-corrected chi connectivity index (χ3v) is 8.94. The maximum absolute atomic E-state index is 13.6. The van der Waals surface area contributed by atoms with Crippen LogP contribution in [0, 0.1) is 13.8 Å². The summed E-state index contributed by atoms with van der Waals surface area (Å²) >= 11 is 0. The largest absolute Gasteiger partial charge is 0.349 e. The fourth-order valence-electron chi connectivity index (χ4n) is 4.12. The highest BCUT2D eigenvalue weighted by molar-refractivity contribution is 7.93. The molecule has 2 aromatic carbocycles. The van der Waals surface area contributed by atoms with E-state index >= 15 is 0 Å². The second-order valence-electron chi connectivity index (χ2n) is 8.73. The van der Waals surface area contributed by atoms with E-state index in [0.717, 1.165) is 24.0 Å². The van der Waals surface area contributed by atoms with Gasteiger partial charge in [-0.3, -0.25) is 9.59 Å². The van der Waals surface area contributed by atoms with Crippen LogP contribution in [-0.2, 0) is 14.6 Å². The van der Waals surface area contributed by atoms with Crippen LogP contribution in [0.15, 0.2) is 47.4 Å². The predicted octanol–water partition coefficient (Wildman–Crippen LogP) is 3.92. The molecule has 2 amide bonds. The number of rotatable bonds is 6. The van der Waals surface area contributed by atoms with Gasteiger partial charge in [-0.1, -0.05) is 18.9 Å². The minimum Gasteiger partial charge on any atom is -0.349 e. The standard InChI is InChI=1S/C24H28N2O4S/c1-16-5-12-21(15-17(16)2)31(29,30)24(13-3-4-14-24)23(28)26-20-8-6-18(7-9-20)22(27)25-19-10-11-19/h5-9,12,15,19H,3-4,10-11,13-14H2,1-2H3,(H,25,27)(H,26,28). The number of benzene rings is 2. The van der Waals surface area contributed by atoms with Crippen LogP contribution in [0.2, 0.25) is 0 Å². The summed E-state index contributed by atoms with van der Waals surface area (Å²) in [5.41, 5.74) is 2.89. The first-order chi connectivity index (χ1) is 14.7. The van der Waals surface area contributed by atoms with E-state index < -0.39 is 20.5 Å². The fraction of sp³-hybridized carbons (Fsp3) is 0.417. The maximum atomic E-state index is 13.6. The van der Waals surface area contributed by atoms with E-state index in [-0.39, 0.29) is 16.8 Å². The van der Waals surface area contributed by atoms with Crippen molar-refractivity contribution in [2.45, 2.75) is 68.1 Å². The third-order valence-electron chi connectivity index (χ3n) is 6.45. The molecule has 2 aromatic rings. The molecule has 2 aliphatic carbocycles. The summed E-state index contributed by atoms with van der Waals surface area (Å²) in [6, 6.07) is 11.9. The molecule has 2 N–H and O–H groups in total. The zero-order chi connectivity index (χ0) is 22.2. The molecule has 2 aliphatic rings. The van der Waals surface area contributed by atoms with Crippen molar-refractivity contribution in [1.29, 1.82) is 0 Å². The van der Waals surface area contributed by atoms with Gasteiger partial charge in [0.1, 0.15) is 0 Å². The van der Waals surface area contributed by atoms with Crippen molar-refractivity contribution in [2.24, 2.45) is 0 Å². The number of carbonyl (C=O) groups excluding carboxylic acids is 2. The summed E-state index contributed by atoms with van der Waals surface area (Å²) in [5, 5.41) is 5.72. The van der Waals surface area contributed by atoms with Gasteiger partial charge in [-0.2, -0.15) is 0 Å². The van der Waals surface area contributed by atoms with Crippen molar-refractivity contribution in [1.82, 2.24) is 5.32 Å². The summed E-state index contributed by atoms with van der Waals surface area (Å²) in [6.07, 6.45) is 4.01. The molecule has 0 aromatic heterocycles. The Morgan fingerprint density at radius 1 is 0.935 bits per heavy atom. The molecule has 0 spiro atoms. The maximum Gasteiger partial charge on any atom is 0.251 e. The first-order valence-electron chi connectivity index (χ1n) is 10.8. The number of carbonyl (C=O) groups is 2. The Morgan fingerprint density at radius 2 is 1.58 bits per heavy atom. The summed E-state index contributed by atoms with van der Waals surface area (Å²) in [4.78, 5) is 25.7. The Bertz CT molecular complexity index is 1110. The number of hydrogen-bond acceptors (Lipinski definition) is 4. The molecule has 0 radical (unpaired) electrons. The lowest BCUT2D eigenvalue weighted by Crippen LogP contribution is -2.47. The number of hydrogen-bond donors (Lipinski definition) is 2. The number of aryl methyl sites for hydroxylation is 2. The molecule has 4 rings (SSSR count). The number of anilines is 1. The van der Waals surface area contributed by atoms with Gasteiger partial charge in [0.15, 0.2) is 14.6 Å². The van der Waals surface area contributed by atoms with Crippen LogP contribution in [0.3, 0.4) is 0 Å². The average molecular weight is 441 g/mol. The lowest BCUT2D eigenvalue weighted by Gasteiger charge is -2.28. The third kappa shape index (κ3) is 4.11. The van der Waals surface area contributed by atoms with E-state index in [1.165, 1.54) is 0 Å². The van der Waals surface area contributed by atoms with Crippen molar-refractivity contribution >= 4 is 27.3 Å². The molecule has 0 atom stereocenters. The quantitative estimate of drug-likeness (QED) is 0.712. The minimum atomic E-state index is -3.86. The van der Waals surface area contributed by atoms with Crippen molar-refractivity contribution in [3.63, 3.8) is 0 Å². The number of sulfone groups is 1. The van der Waals surface area contributed by atoms with Gasteiger partial charge in [0.05, 0.1) is 4.90 Å². The van der Waals surface area contributed by atoms with Gasteiger partial charge in [0.25, 0.3) is 5.91 Å². The van der Waals surface area contributed by atoms with Crippen LogP contribution in [0.5, 0.6) is 0 Å². The number of amides is 2. The van der Waals surface area contributed by atoms with E-state index in [9.17, 15) is 18.0 Å². The van der Waals surface area contributed by atoms with Gasteiger partial charge in [-0.05, 0) is 87.1 Å². The molecule has 2 saturated carbocycles. The molecule has 0 unspecified atom stereocenters. The van der Waals surface area contributed by atoms with Crippen LogP contribution >= 0.6 is 0 Å². The zero-order valence-corrected chi connectivity index (χ0v) is 18.7. The Morgan fingerprint density at radius 3 is 2.16 bits per heavy atom. The monoisotopic (exact) mass is 440 g/mol. The average Bonchev–Trinajstić information content (AvgIpc) is 3.40. The SMILES string of the molecule is Cc1ccc(S(=O)(=O)C2(C(=O)Nc3ccc(C(=O)NC4CC4)cc3)CCCC2)cc1C. The molecular formula is C24H28N2O4S. The van der Waals surface area contributed by atoms with Gasteiger partial charge in [0, 0.05) is 17.3 Å². The highest BCUT2D eigenvalue weighted by atomic mass is 32.2. The van der Waals surface area contributed by atoms with Crippen molar-refractivity contribution in [2.75, 3.05) is 5.32 Å². The van der Waals surface area contributed by atoms with E-state index in [1.54, 1.807) is 42.5 Å².